The second-order valence-electron chi connectivity index (χ2n) is 5.50. The molecule has 0 aromatic carbocycles. The van der Waals surface area contributed by atoms with Crippen molar-refractivity contribution in [2.24, 2.45) is 11.3 Å². The number of hydrogen-bond donors (Lipinski definition) is 2. The first-order chi connectivity index (χ1) is 8.73. The highest BCUT2D eigenvalue weighted by Crippen LogP contribution is 2.61. The Labute approximate surface area is 107 Å². The minimum Gasteiger partial charge on any atom is -0.384 e. The Balaban J connectivity index is 1.64. The molecule has 2 aliphatic rings. The highest BCUT2D eigenvalue weighted by Gasteiger charge is 2.53. The van der Waals surface area contributed by atoms with Crippen LogP contribution in [0.15, 0.2) is 18.3 Å². The van der Waals surface area contributed by atoms with Crippen molar-refractivity contribution in [2.75, 3.05) is 18.9 Å². The summed E-state index contributed by atoms with van der Waals surface area (Å²) in [6.45, 7) is 1.04. The van der Waals surface area contributed by atoms with E-state index in [0.29, 0.717) is 11.1 Å². The van der Waals surface area contributed by atoms with Crippen LogP contribution in [0.4, 0.5) is 5.69 Å². The topological polar surface area (TPSA) is 54.0 Å². The van der Waals surface area contributed by atoms with Crippen molar-refractivity contribution in [2.45, 2.75) is 25.7 Å². The van der Waals surface area contributed by atoms with Gasteiger partial charge in [0.25, 0.3) is 5.91 Å². The summed E-state index contributed by atoms with van der Waals surface area (Å²) < 4.78 is 0. The van der Waals surface area contributed by atoms with Gasteiger partial charge in [0.05, 0.1) is 0 Å². The third-order valence-electron chi connectivity index (χ3n) is 4.20. The SMILES string of the molecule is CNC(=O)c1cc(NCC2(C3CC3)CC2)ccn1. The van der Waals surface area contributed by atoms with Gasteiger partial charge in [0.15, 0.2) is 0 Å². The molecule has 0 radical (unpaired) electrons. The van der Waals surface area contributed by atoms with Crippen LogP contribution in [0, 0.1) is 11.3 Å². The molecule has 3 rings (SSSR count). The van der Waals surface area contributed by atoms with Crippen LogP contribution >= 0.6 is 0 Å². The maximum absolute atomic E-state index is 11.5. The Bertz CT molecular complexity index is 464. The van der Waals surface area contributed by atoms with Crippen molar-refractivity contribution in [3.8, 4) is 0 Å². The number of hydrogen-bond acceptors (Lipinski definition) is 3. The summed E-state index contributed by atoms with van der Waals surface area (Å²) in [5.74, 6) is 0.812. The number of carbonyl (C=O) groups excluding carboxylic acids is 1. The second-order valence-corrected chi connectivity index (χ2v) is 5.50. The maximum Gasteiger partial charge on any atom is 0.269 e. The molecular formula is C14H19N3O. The summed E-state index contributed by atoms with van der Waals surface area (Å²) in [5.41, 5.74) is 2.03. The molecule has 2 N–H and O–H groups in total. The molecule has 4 heteroatoms. The molecule has 0 atom stereocenters. The highest BCUT2D eigenvalue weighted by atomic mass is 16.1. The molecule has 0 spiro atoms. The van der Waals surface area contributed by atoms with Crippen LogP contribution in [0.2, 0.25) is 0 Å². The van der Waals surface area contributed by atoms with E-state index in [1.165, 1.54) is 25.7 Å². The second kappa shape index (κ2) is 4.26. The zero-order valence-corrected chi connectivity index (χ0v) is 10.7. The Morgan fingerprint density at radius 3 is 2.89 bits per heavy atom. The van der Waals surface area contributed by atoms with Crippen LogP contribution in [0.3, 0.4) is 0 Å². The molecule has 0 saturated heterocycles. The van der Waals surface area contributed by atoms with Crippen molar-refractivity contribution < 1.29 is 4.79 Å². The molecule has 2 saturated carbocycles. The average molecular weight is 245 g/mol. The van der Waals surface area contributed by atoms with Crippen molar-refractivity contribution in [3.63, 3.8) is 0 Å². The fraction of sp³-hybridized carbons (Fsp3) is 0.571. The molecule has 4 nitrogen and oxygen atoms in total. The van der Waals surface area contributed by atoms with Crippen LogP contribution in [0.25, 0.3) is 0 Å². The van der Waals surface area contributed by atoms with Gasteiger partial charge in [-0.05, 0) is 49.1 Å². The molecule has 1 aromatic heterocycles. The van der Waals surface area contributed by atoms with Crippen molar-refractivity contribution >= 4 is 11.6 Å². The first kappa shape index (κ1) is 11.5. The number of nitrogens with zero attached hydrogens (tertiary/aromatic N) is 1. The summed E-state index contributed by atoms with van der Waals surface area (Å²) in [7, 11) is 1.62. The highest BCUT2D eigenvalue weighted by molar-refractivity contribution is 5.92. The Hall–Kier alpha value is -1.58. The fourth-order valence-corrected chi connectivity index (χ4v) is 2.66. The van der Waals surface area contributed by atoms with Gasteiger partial charge in [-0.3, -0.25) is 9.78 Å². The number of carbonyl (C=O) groups is 1. The molecule has 1 heterocycles. The van der Waals surface area contributed by atoms with Gasteiger partial charge >= 0.3 is 0 Å². The standard InChI is InChI=1S/C14H19N3O/c1-15-13(18)12-8-11(4-7-16-12)17-9-14(5-6-14)10-2-3-10/h4,7-8,10H,2-3,5-6,9H2,1H3,(H,15,18)(H,16,17). The predicted molar refractivity (Wildman–Crippen MR) is 70.5 cm³/mol. The molecule has 0 unspecified atom stereocenters. The van der Waals surface area contributed by atoms with E-state index < -0.39 is 0 Å². The summed E-state index contributed by atoms with van der Waals surface area (Å²) in [5, 5.41) is 6.06. The Morgan fingerprint density at radius 2 is 2.28 bits per heavy atom. The maximum atomic E-state index is 11.5. The zero-order valence-electron chi connectivity index (χ0n) is 10.7. The lowest BCUT2D eigenvalue weighted by Crippen LogP contribution is -2.20. The lowest BCUT2D eigenvalue weighted by Gasteiger charge is -2.16. The summed E-state index contributed by atoms with van der Waals surface area (Å²) in [4.78, 5) is 15.6. The molecule has 0 bridgehead atoms. The van der Waals surface area contributed by atoms with E-state index in [2.05, 4.69) is 15.6 Å². The van der Waals surface area contributed by atoms with E-state index in [9.17, 15) is 4.79 Å². The van der Waals surface area contributed by atoms with Gasteiger partial charge in [-0.2, -0.15) is 0 Å². The van der Waals surface area contributed by atoms with E-state index in [4.69, 9.17) is 0 Å². The monoisotopic (exact) mass is 245 g/mol. The minimum absolute atomic E-state index is 0.137. The lowest BCUT2D eigenvalue weighted by atomic mass is 10.0. The molecule has 18 heavy (non-hydrogen) atoms. The third-order valence-corrected chi connectivity index (χ3v) is 4.20. The van der Waals surface area contributed by atoms with Gasteiger partial charge in [-0.15, -0.1) is 0 Å². The van der Waals surface area contributed by atoms with E-state index in [1.807, 2.05) is 12.1 Å². The molecule has 2 fully saturated rings. The van der Waals surface area contributed by atoms with E-state index in [-0.39, 0.29) is 5.91 Å². The van der Waals surface area contributed by atoms with Crippen LogP contribution < -0.4 is 10.6 Å². The summed E-state index contributed by atoms with van der Waals surface area (Å²) >= 11 is 0. The van der Waals surface area contributed by atoms with Crippen molar-refractivity contribution in [1.82, 2.24) is 10.3 Å². The van der Waals surface area contributed by atoms with Gasteiger partial charge in [0, 0.05) is 25.5 Å². The van der Waals surface area contributed by atoms with Gasteiger partial charge in [0.1, 0.15) is 5.69 Å². The van der Waals surface area contributed by atoms with Crippen molar-refractivity contribution in [1.29, 1.82) is 0 Å². The van der Waals surface area contributed by atoms with Gasteiger partial charge in [-0.25, -0.2) is 0 Å². The summed E-state index contributed by atoms with van der Waals surface area (Å²) in [6, 6.07) is 3.75. The van der Waals surface area contributed by atoms with Crippen LogP contribution in [-0.2, 0) is 0 Å². The number of rotatable bonds is 5. The van der Waals surface area contributed by atoms with Gasteiger partial charge < -0.3 is 10.6 Å². The number of aromatic nitrogens is 1. The van der Waals surface area contributed by atoms with Crippen molar-refractivity contribution in [3.05, 3.63) is 24.0 Å². The lowest BCUT2D eigenvalue weighted by molar-refractivity contribution is 0.0958. The minimum atomic E-state index is -0.137. The molecule has 96 valence electrons. The fourth-order valence-electron chi connectivity index (χ4n) is 2.66. The molecule has 2 aliphatic carbocycles. The van der Waals surface area contributed by atoms with E-state index >= 15 is 0 Å². The number of amides is 1. The average Bonchev–Trinajstić information content (AvgIpc) is 3.28. The first-order valence-electron chi connectivity index (χ1n) is 6.65. The van der Waals surface area contributed by atoms with E-state index in [0.717, 1.165) is 18.2 Å². The van der Waals surface area contributed by atoms with Crippen LogP contribution in [0.5, 0.6) is 0 Å². The van der Waals surface area contributed by atoms with Crippen LogP contribution in [-0.4, -0.2) is 24.5 Å². The first-order valence-corrected chi connectivity index (χ1v) is 6.65. The Kier molecular flexibility index (Phi) is 2.73. The van der Waals surface area contributed by atoms with Gasteiger partial charge in [-0.1, -0.05) is 0 Å². The van der Waals surface area contributed by atoms with E-state index in [1.54, 1.807) is 13.2 Å². The smallest absolute Gasteiger partial charge is 0.269 e. The number of anilines is 1. The summed E-state index contributed by atoms with van der Waals surface area (Å²) in [6.07, 6.45) is 7.21. The molecular weight excluding hydrogens is 226 g/mol. The zero-order chi connectivity index (χ0) is 12.6. The Morgan fingerprint density at radius 1 is 1.50 bits per heavy atom. The van der Waals surface area contributed by atoms with Gasteiger partial charge in [0.2, 0.25) is 0 Å². The molecule has 0 aliphatic heterocycles. The third kappa shape index (κ3) is 2.19. The molecule has 1 aromatic rings. The quantitative estimate of drug-likeness (QED) is 0.834. The number of pyridine rings is 1. The normalized spacial score (nSPS) is 20.3. The molecule has 1 amide bonds. The number of nitrogens with one attached hydrogen (secondary N) is 2. The largest absolute Gasteiger partial charge is 0.384 e. The van der Waals surface area contributed by atoms with Crippen LogP contribution in [0.1, 0.15) is 36.2 Å². The predicted octanol–water partition coefficient (Wildman–Crippen LogP) is 2.04.